The monoisotopic (exact) mass is 1060 g/mol. The quantitative estimate of drug-likeness (QED) is 0.0889. The molecule has 0 saturated heterocycles. The molecule has 16 aromatic carbocycles. The molecule has 0 radical (unpaired) electrons. The van der Waals surface area contributed by atoms with Crippen LogP contribution in [0.2, 0.25) is 0 Å². The van der Waals surface area contributed by atoms with Crippen LogP contribution >= 0.6 is 0 Å². The predicted molar refractivity (Wildman–Crippen MR) is 365 cm³/mol. The Labute approximate surface area is 490 Å². The van der Waals surface area contributed by atoms with Crippen LogP contribution in [-0.2, 0) is 0 Å². The van der Waals surface area contributed by atoms with E-state index in [1.54, 1.807) is 0 Å². The molecule has 0 saturated carbocycles. The third kappa shape index (κ3) is 8.21. The fraction of sp³-hybridized carbons (Fsp3) is 0. The highest BCUT2D eigenvalue weighted by molar-refractivity contribution is 7.00. The molecule has 390 valence electrons. The molecule has 84 heavy (non-hydrogen) atoms. The summed E-state index contributed by atoms with van der Waals surface area (Å²) in [5.74, 6) is 0. The maximum absolute atomic E-state index is 2.55. The normalized spacial score (nSPS) is 11.6. The molecule has 0 heterocycles. The zero-order chi connectivity index (χ0) is 55.5. The van der Waals surface area contributed by atoms with Crippen LogP contribution in [0, 0.1) is 0 Å². The van der Waals surface area contributed by atoms with Crippen molar-refractivity contribution in [3.8, 4) is 0 Å². The minimum Gasteiger partial charge on any atom is -0.310 e. The average Bonchev–Trinajstić information content (AvgIpc) is 0.867. The molecule has 0 aromatic heterocycles. The molecule has 16 rings (SSSR count). The number of anilines is 6. The first-order valence-electron chi connectivity index (χ1n) is 29.2. The topological polar surface area (TPSA) is 6.48 Å². The standard InChI is InChI=1S/C80H54B2N2/c1-5-33-59(34-6-1)83(60-35-7-2-8-36-60)77-53-75(81(71-45-21-29-55-25-13-17-41-63(55)71)72-46-22-30-56-26-14-18-42-64(56)72)67-50-52-70-78(84(61-37-9-3-10-38-61)62-39-11-4-12-40-62)54-76(68-49-51-69(77)79(67)80(68)70)82(73-47-23-31-57-27-15-19-43-65(57)73)74-48-24-32-58-28-16-20-44-66(58)74/h1-54H. The van der Waals surface area contributed by atoms with E-state index in [0.29, 0.717) is 0 Å². The lowest BCUT2D eigenvalue weighted by Gasteiger charge is -2.32. The van der Waals surface area contributed by atoms with Gasteiger partial charge in [-0.2, -0.15) is 0 Å². The van der Waals surface area contributed by atoms with Crippen molar-refractivity contribution >= 4 is 156 Å². The van der Waals surface area contributed by atoms with Gasteiger partial charge in [-0.25, -0.2) is 0 Å². The summed E-state index contributed by atoms with van der Waals surface area (Å²) in [4.78, 5) is 4.99. The fourth-order valence-electron chi connectivity index (χ4n) is 14.0. The van der Waals surface area contributed by atoms with Gasteiger partial charge in [-0.3, -0.25) is 0 Å². The van der Waals surface area contributed by atoms with Crippen LogP contribution < -0.4 is 42.6 Å². The highest BCUT2D eigenvalue weighted by Gasteiger charge is 2.34. The van der Waals surface area contributed by atoms with E-state index in [9.17, 15) is 0 Å². The number of rotatable bonds is 12. The Hall–Kier alpha value is -10.7. The molecule has 0 amide bonds. The van der Waals surface area contributed by atoms with Crippen LogP contribution in [0.25, 0.3) is 75.4 Å². The van der Waals surface area contributed by atoms with Gasteiger partial charge in [0.25, 0.3) is 0 Å². The largest absolute Gasteiger partial charge is 0.310 e. The first-order valence-corrected chi connectivity index (χ1v) is 29.2. The summed E-state index contributed by atoms with van der Waals surface area (Å²) in [7, 11) is 0. The lowest BCUT2D eigenvalue weighted by atomic mass is 9.34. The fourth-order valence-corrected chi connectivity index (χ4v) is 14.0. The molecule has 0 aliphatic heterocycles. The number of benzene rings is 16. The van der Waals surface area contributed by atoms with E-state index in [1.807, 2.05) is 0 Å². The maximum atomic E-state index is 2.55. The van der Waals surface area contributed by atoms with Gasteiger partial charge in [0.05, 0.1) is 11.4 Å². The van der Waals surface area contributed by atoms with Gasteiger partial charge in [-0.1, -0.05) is 300 Å². The van der Waals surface area contributed by atoms with Crippen molar-refractivity contribution in [2.75, 3.05) is 9.80 Å². The highest BCUT2D eigenvalue weighted by Crippen LogP contribution is 2.47. The van der Waals surface area contributed by atoms with Crippen LogP contribution in [0.1, 0.15) is 0 Å². The second-order valence-corrected chi connectivity index (χ2v) is 22.2. The maximum Gasteiger partial charge on any atom is 0.243 e. The Morgan fingerprint density at radius 1 is 0.179 bits per heavy atom. The summed E-state index contributed by atoms with van der Waals surface area (Å²) in [6.07, 6.45) is 0. The van der Waals surface area contributed by atoms with E-state index < -0.39 is 0 Å². The number of hydrogen-bond acceptors (Lipinski definition) is 2. The van der Waals surface area contributed by atoms with Gasteiger partial charge in [0, 0.05) is 33.5 Å². The molecule has 4 heteroatoms. The lowest BCUT2D eigenvalue weighted by Crippen LogP contribution is -2.53. The van der Waals surface area contributed by atoms with Crippen molar-refractivity contribution in [2.45, 2.75) is 0 Å². The van der Waals surface area contributed by atoms with Crippen LogP contribution in [-0.4, -0.2) is 13.4 Å². The molecule has 0 aliphatic carbocycles. The van der Waals surface area contributed by atoms with Gasteiger partial charge < -0.3 is 9.80 Å². The minimum atomic E-state index is -0.192. The second-order valence-electron chi connectivity index (χ2n) is 22.2. The zero-order valence-electron chi connectivity index (χ0n) is 46.2. The van der Waals surface area contributed by atoms with Crippen molar-refractivity contribution in [3.05, 3.63) is 328 Å². The Kier molecular flexibility index (Phi) is 12.1. The summed E-state index contributed by atoms with van der Waals surface area (Å²) < 4.78 is 0. The number of hydrogen-bond donors (Lipinski definition) is 0. The Balaban J connectivity index is 1.13. The first-order chi connectivity index (χ1) is 41.7. The molecule has 0 aliphatic rings. The van der Waals surface area contributed by atoms with Gasteiger partial charge >= 0.3 is 0 Å². The molecule has 0 atom stereocenters. The molecule has 0 N–H and O–H groups in total. The molecule has 0 spiro atoms. The van der Waals surface area contributed by atoms with E-state index in [0.717, 1.165) is 34.1 Å². The first kappa shape index (κ1) is 49.2. The Morgan fingerprint density at radius 3 is 0.702 bits per heavy atom. The van der Waals surface area contributed by atoms with E-state index in [2.05, 4.69) is 337 Å². The van der Waals surface area contributed by atoms with Crippen LogP contribution in [0.4, 0.5) is 34.1 Å². The van der Waals surface area contributed by atoms with Crippen LogP contribution in [0.15, 0.2) is 328 Å². The number of nitrogens with zero attached hydrogens (tertiary/aromatic N) is 2. The van der Waals surface area contributed by atoms with Gasteiger partial charge in [-0.15, -0.1) is 0 Å². The van der Waals surface area contributed by atoms with E-state index in [4.69, 9.17) is 0 Å². The molecule has 16 aromatic rings. The molecule has 0 bridgehead atoms. The van der Waals surface area contributed by atoms with Gasteiger partial charge in [0.1, 0.15) is 0 Å². The zero-order valence-corrected chi connectivity index (χ0v) is 46.2. The highest BCUT2D eigenvalue weighted by atomic mass is 15.1. The van der Waals surface area contributed by atoms with Gasteiger partial charge in [0.2, 0.25) is 13.4 Å². The van der Waals surface area contributed by atoms with Crippen LogP contribution in [0.3, 0.4) is 0 Å². The van der Waals surface area contributed by atoms with Crippen molar-refractivity contribution < 1.29 is 0 Å². The second kappa shape index (κ2) is 20.7. The molecule has 0 fully saturated rings. The number of fused-ring (bicyclic) bond motifs is 4. The average molecular weight is 1060 g/mol. The molecule has 0 unspecified atom stereocenters. The third-order valence-corrected chi connectivity index (χ3v) is 17.6. The third-order valence-electron chi connectivity index (χ3n) is 17.6. The summed E-state index contributed by atoms with van der Waals surface area (Å²) in [6, 6.07) is 122. The van der Waals surface area contributed by atoms with E-state index in [-0.39, 0.29) is 13.4 Å². The molecular formula is C80H54B2N2. The summed E-state index contributed by atoms with van der Waals surface area (Å²) in [5, 5.41) is 17.1. The van der Waals surface area contributed by atoms with Gasteiger partial charge in [0.15, 0.2) is 0 Å². The minimum absolute atomic E-state index is 0.192. The lowest BCUT2D eigenvalue weighted by molar-refractivity contribution is 1.30. The van der Waals surface area contributed by atoms with Crippen molar-refractivity contribution in [1.82, 2.24) is 0 Å². The van der Waals surface area contributed by atoms with E-state index >= 15 is 0 Å². The van der Waals surface area contributed by atoms with Crippen molar-refractivity contribution in [3.63, 3.8) is 0 Å². The Morgan fingerprint density at radius 2 is 0.417 bits per heavy atom. The molecular weight excluding hydrogens is 1010 g/mol. The molecule has 2 nitrogen and oxygen atoms in total. The van der Waals surface area contributed by atoms with Crippen molar-refractivity contribution in [2.24, 2.45) is 0 Å². The van der Waals surface area contributed by atoms with Crippen molar-refractivity contribution in [1.29, 1.82) is 0 Å². The summed E-state index contributed by atoms with van der Waals surface area (Å²) in [6.45, 7) is -0.385. The predicted octanol–water partition coefficient (Wildman–Crippen LogP) is 17.2. The van der Waals surface area contributed by atoms with E-state index in [1.165, 1.54) is 108 Å². The van der Waals surface area contributed by atoms with Gasteiger partial charge in [-0.05, 0) is 125 Å². The summed E-state index contributed by atoms with van der Waals surface area (Å²) >= 11 is 0. The number of para-hydroxylation sites is 4. The SMILES string of the molecule is c1ccc(N(c2ccccc2)c2cc(B(c3cccc4ccccc34)c3cccc4ccccc34)c3ccc4c(N(c5ccccc5)c5ccccc5)cc(B(c5cccc6ccccc56)c5cccc6ccccc56)c5ccc2c3c54)cc1. The smallest absolute Gasteiger partial charge is 0.243 e. The Bertz CT molecular complexity index is 4530. The van der Waals surface area contributed by atoms with Crippen LogP contribution in [0.5, 0.6) is 0 Å². The summed E-state index contributed by atoms with van der Waals surface area (Å²) in [5.41, 5.74) is 14.1.